The van der Waals surface area contributed by atoms with E-state index in [1.54, 1.807) is 5.57 Å². The molecule has 0 aliphatic carbocycles. The summed E-state index contributed by atoms with van der Waals surface area (Å²) in [6.45, 7) is 9.18. The maximum Gasteiger partial charge on any atom is 0.0296 e. The molecule has 0 fully saturated rings. The highest BCUT2D eigenvalue weighted by Crippen LogP contribution is 2.33. The Bertz CT molecular complexity index is 230. The summed E-state index contributed by atoms with van der Waals surface area (Å²) in [5.41, 5.74) is 3.20. The first-order valence-corrected chi connectivity index (χ1v) is 7.16. The molecule has 0 radical (unpaired) electrons. The van der Waals surface area contributed by atoms with E-state index in [2.05, 4.69) is 33.0 Å². The fourth-order valence-corrected chi connectivity index (χ4v) is 2.89. The highest BCUT2D eigenvalue weighted by molar-refractivity contribution is 5.22. The summed E-state index contributed by atoms with van der Waals surface area (Å²) in [6, 6.07) is 0.670. The lowest BCUT2D eigenvalue weighted by molar-refractivity contribution is 0.436. The van der Waals surface area contributed by atoms with Crippen LogP contribution in [0.4, 0.5) is 0 Å². The highest BCUT2D eigenvalue weighted by Gasteiger charge is 2.28. The van der Waals surface area contributed by atoms with E-state index >= 15 is 0 Å². The number of allylic oxidation sites excluding steroid dienone is 1. The Labute approximate surface area is 102 Å². The number of hydrogen-bond donors (Lipinski definition) is 1. The fourth-order valence-electron chi connectivity index (χ4n) is 2.89. The van der Waals surface area contributed by atoms with Crippen molar-refractivity contribution in [1.29, 1.82) is 0 Å². The van der Waals surface area contributed by atoms with Crippen molar-refractivity contribution in [2.75, 3.05) is 0 Å². The van der Waals surface area contributed by atoms with Crippen LogP contribution in [0.1, 0.15) is 72.6 Å². The minimum absolute atomic E-state index is 0.670. The molecule has 0 aromatic rings. The molecule has 1 aliphatic rings. The molecule has 2 atom stereocenters. The molecule has 1 aliphatic heterocycles. The van der Waals surface area contributed by atoms with Crippen molar-refractivity contribution in [3.63, 3.8) is 0 Å². The van der Waals surface area contributed by atoms with Crippen molar-refractivity contribution in [2.45, 2.75) is 78.7 Å². The SMILES string of the molecule is CCCCCC1C(CCCC)=C(C)NC1C. The lowest BCUT2D eigenvalue weighted by Gasteiger charge is -2.19. The fraction of sp³-hybridized carbons (Fsp3) is 0.867. The molecule has 1 heterocycles. The Hall–Kier alpha value is -0.460. The predicted molar refractivity (Wildman–Crippen MR) is 72.5 cm³/mol. The van der Waals surface area contributed by atoms with Gasteiger partial charge in [0.1, 0.15) is 0 Å². The molecular formula is C15H29N. The first kappa shape index (κ1) is 13.6. The maximum atomic E-state index is 3.63. The predicted octanol–water partition coefficient (Wildman–Crippen LogP) is 4.64. The maximum absolute atomic E-state index is 3.63. The van der Waals surface area contributed by atoms with Crippen LogP contribution in [0.2, 0.25) is 0 Å². The van der Waals surface area contributed by atoms with Crippen LogP contribution in [-0.2, 0) is 0 Å². The monoisotopic (exact) mass is 223 g/mol. The third-order valence-electron chi connectivity index (χ3n) is 3.90. The van der Waals surface area contributed by atoms with E-state index in [-0.39, 0.29) is 0 Å². The molecule has 1 heteroatoms. The Morgan fingerprint density at radius 2 is 1.75 bits per heavy atom. The lowest BCUT2D eigenvalue weighted by atomic mass is 9.87. The summed E-state index contributed by atoms with van der Waals surface area (Å²) in [6.07, 6.45) is 9.49. The van der Waals surface area contributed by atoms with E-state index in [1.807, 2.05) is 0 Å². The van der Waals surface area contributed by atoms with Crippen molar-refractivity contribution in [3.8, 4) is 0 Å². The van der Waals surface area contributed by atoms with Crippen molar-refractivity contribution in [2.24, 2.45) is 5.92 Å². The summed E-state index contributed by atoms with van der Waals surface area (Å²) in [7, 11) is 0. The zero-order chi connectivity index (χ0) is 12.0. The van der Waals surface area contributed by atoms with E-state index in [0.717, 1.165) is 5.92 Å². The molecule has 1 nitrogen and oxygen atoms in total. The first-order valence-electron chi connectivity index (χ1n) is 7.16. The van der Waals surface area contributed by atoms with Crippen LogP contribution >= 0.6 is 0 Å². The van der Waals surface area contributed by atoms with Gasteiger partial charge in [-0.15, -0.1) is 0 Å². The van der Waals surface area contributed by atoms with Gasteiger partial charge < -0.3 is 5.32 Å². The first-order chi connectivity index (χ1) is 7.70. The van der Waals surface area contributed by atoms with E-state index in [0.29, 0.717) is 6.04 Å². The van der Waals surface area contributed by atoms with Crippen LogP contribution in [0.25, 0.3) is 0 Å². The molecule has 94 valence electrons. The van der Waals surface area contributed by atoms with Gasteiger partial charge in [-0.3, -0.25) is 0 Å². The Morgan fingerprint density at radius 1 is 1.06 bits per heavy atom. The topological polar surface area (TPSA) is 12.0 Å². The molecule has 0 spiro atoms. The molecular weight excluding hydrogens is 194 g/mol. The van der Waals surface area contributed by atoms with Crippen molar-refractivity contribution in [1.82, 2.24) is 5.32 Å². The second kappa shape index (κ2) is 6.98. The molecule has 2 unspecified atom stereocenters. The van der Waals surface area contributed by atoms with Gasteiger partial charge in [0, 0.05) is 17.7 Å². The second-order valence-corrected chi connectivity index (χ2v) is 5.29. The Balaban J connectivity index is 2.50. The van der Waals surface area contributed by atoms with Gasteiger partial charge in [-0.2, -0.15) is 0 Å². The largest absolute Gasteiger partial charge is 0.386 e. The highest BCUT2D eigenvalue weighted by atomic mass is 15.0. The van der Waals surface area contributed by atoms with E-state index < -0.39 is 0 Å². The summed E-state index contributed by atoms with van der Waals surface area (Å²) in [5, 5.41) is 3.63. The van der Waals surface area contributed by atoms with Gasteiger partial charge in [0.05, 0.1) is 0 Å². The van der Waals surface area contributed by atoms with Crippen molar-refractivity contribution < 1.29 is 0 Å². The molecule has 1 N–H and O–H groups in total. The minimum Gasteiger partial charge on any atom is -0.386 e. The normalized spacial score (nSPS) is 25.0. The van der Waals surface area contributed by atoms with Gasteiger partial charge >= 0.3 is 0 Å². The number of nitrogens with one attached hydrogen (secondary N) is 1. The average molecular weight is 223 g/mol. The standard InChI is InChI=1S/C15H29N/c1-5-7-9-11-15-13(4)16-12(3)14(15)10-8-6-2/h13,15-16H,5-11H2,1-4H3. The van der Waals surface area contributed by atoms with Crippen molar-refractivity contribution >= 4 is 0 Å². The molecule has 16 heavy (non-hydrogen) atoms. The molecule has 1 rings (SSSR count). The minimum atomic E-state index is 0.670. The lowest BCUT2D eigenvalue weighted by Crippen LogP contribution is -2.24. The summed E-state index contributed by atoms with van der Waals surface area (Å²) in [4.78, 5) is 0. The number of unbranched alkanes of at least 4 members (excludes halogenated alkanes) is 3. The zero-order valence-corrected chi connectivity index (χ0v) is 11.6. The zero-order valence-electron chi connectivity index (χ0n) is 11.6. The smallest absolute Gasteiger partial charge is 0.0296 e. The molecule has 0 saturated heterocycles. The Kier molecular flexibility index (Phi) is 5.94. The third-order valence-corrected chi connectivity index (χ3v) is 3.90. The second-order valence-electron chi connectivity index (χ2n) is 5.29. The molecule has 0 aromatic heterocycles. The summed E-state index contributed by atoms with van der Waals surface area (Å²) < 4.78 is 0. The van der Waals surface area contributed by atoms with Crippen LogP contribution < -0.4 is 5.32 Å². The number of hydrogen-bond acceptors (Lipinski definition) is 1. The van der Waals surface area contributed by atoms with Crippen LogP contribution in [0.15, 0.2) is 11.3 Å². The van der Waals surface area contributed by atoms with Gasteiger partial charge in [0.25, 0.3) is 0 Å². The van der Waals surface area contributed by atoms with Gasteiger partial charge in [0.2, 0.25) is 0 Å². The molecule has 0 bridgehead atoms. The molecule has 0 amide bonds. The summed E-state index contributed by atoms with van der Waals surface area (Å²) >= 11 is 0. The van der Waals surface area contributed by atoms with Gasteiger partial charge in [-0.05, 0) is 38.7 Å². The van der Waals surface area contributed by atoms with Crippen LogP contribution in [0, 0.1) is 5.92 Å². The van der Waals surface area contributed by atoms with Crippen LogP contribution in [-0.4, -0.2) is 6.04 Å². The van der Waals surface area contributed by atoms with E-state index in [1.165, 1.54) is 50.6 Å². The van der Waals surface area contributed by atoms with E-state index in [9.17, 15) is 0 Å². The van der Waals surface area contributed by atoms with Gasteiger partial charge in [0.15, 0.2) is 0 Å². The Morgan fingerprint density at radius 3 is 2.38 bits per heavy atom. The van der Waals surface area contributed by atoms with Crippen molar-refractivity contribution in [3.05, 3.63) is 11.3 Å². The van der Waals surface area contributed by atoms with Crippen LogP contribution in [0.5, 0.6) is 0 Å². The molecule has 0 saturated carbocycles. The van der Waals surface area contributed by atoms with E-state index in [4.69, 9.17) is 0 Å². The van der Waals surface area contributed by atoms with Gasteiger partial charge in [-0.1, -0.05) is 39.5 Å². The van der Waals surface area contributed by atoms with Gasteiger partial charge in [-0.25, -0.2) is 0 Å². The third kappa shape index (κ3) is 3.54. The van der Waals surface area contributed by atoms with Crippen LogP contribution in [0.3, 0.4) is 0 Å². The average Bonchev–Trinajstić information content (AvgIpc) is 2.52. The molecule has 0 aromatic carbocycles. The summed E-state index contributed by atoms with van der Waals surface area (Å²) in [5.74, 6) is 0.818. The number of rotatable bonds is 7. The quantitative estimate of drug-likeness (QED) is 0.620.